The van der Waals surface area contributed by atoms with Gasteiger partial charge in [-0.25, -0.2) is 4.79 Å². The Labute approximate surface area is 115 Å². The summed E-state index contributed by atoms with van der Waals surface area (Å²) < 4.78 is 5.08. The van der Waals surface area contributed by atoms with Gasteiger partial charge in [0.05, 0.1) is 0 Å². The Hall–Kier alpha value is -1.46. The average Bonchev–Trinajstić information content (AvgIpc) is 2.33. The topological polar surface area (TPSA) is 76.5 Å². The molecule has 0 spiro atoms. The van der Waals surface area contributed by atoms with Crippen molar-refractivity contribution in [1.82, 2.24) is 0 Å². The molecule has 4 nitrogen and oxygen atoms in total. The fourth-order valence-electron chi connectivity index (χ4n) is 1.79. The third-order valence-corrected chi connectivity index (χ3v) is 3.83. The molecule has 0 amide bonds. The van der Waals surface area contributed by atoms with Gasteiger partial charge in [-0.05, 0) is 36.8 Å². The molecule has 0 saturated carbocycles. The number of benzene rings is 1. The summed E-state index contributed by atoms with van der Waals surface area (Å²) in [6.07, 6.45) is 0.949. The van der Waals surface area contributed by atoms with Crippen LogP contribution in [0.2, 0.25) is 0 Å². The van der Waals surface area contributed by atoms with Crippen molar-refractivity contribution in [2.75, 3.05) is 5.75 Å². The quantitative estimate of drug-likeness (QED) is 0.649. The van der Waals surface area contributed by atoms with Gasteiger partial charge in [-0.15, -0.1) is 0 Å². The molecule has 0 bridgehead atoms. The summed E-state index contributed by atoms with van der Waals surface area (Å²) >= 11 is 1.74. The van der Waals surface area contributed by atoms with Crippen LogP contribution in [-0.4, -0.2) is 16.9 Å². The van der Waals surface area contributed by atoms with Crippen LogP contribution in [0.1, 0.15) is 18.9 Å². The predicted octanol–water partition coefficient (Wildman–Crippen LogP) is 2.47. The van der Waals surface area contributed by atoms with E-state index in [-0.39, 0.29) is 17.4 Å². The standard InChI is InChI=1S/C14H17NO3S/c1-9(15)4-5-19-8-10-6-14(17)18-13-7-11(16)2-3-12(10)13/h2-3,6-7,9,16H,4-5,8,15H2,1H3. The Balaban J connectivity index is 2.20. The predicted molar refractivity (Wildman–Crippen MR) is 78.6 cm³/mol. The molecule has 0 aliphatic heterocycles. The van der Waals surface area contributed by atoms with Crippen molar-refractivity contribution in [3.05, 3.63) is 40.2 Å². The first kappa shape index (κ1) is 14.0. The molecule has 1 aromatic heterocycles. The normalized spacial score (nSPS) is 12.7. The third kappa shape index (κ3) is 3.75. The SMILES string of the molecule is CC(N)CCSCc1cc(=O)oc2cc(O)ccc12. The molecule has 5 heteroatoms. The first-order chi connectivity index (χ1) is 9.06. The van der Waals surface area contributed by atoms with Crippen LogP contribution in [0.3, 0.4) is 0 Å². The van der Waals surface area contributed by atoms with E-state index in [9.17, 15) is 9.90 Å². The van der Waals surface area contributed by atoms with E-state index in [4.69, 9.17) is 10.2 Å². The van der Waals surface area contributed by atoms with Gasteiger partial charge in [-0.3, -0.25) is 0 Å². The minimum absolute atomic E-state index is 0.0948. The number of rotatable bonds is 5. The van der Waals surface area contributed by atoms with E-state index in [2.05, 4.69) is 0 Å². The summed E-state index contributed by atoms with van der Waals surface area (Å²) in [7, 11) is 0. The van der Waals surface area contributed by atoms with Crippen LogP contribution in [0.15, 0.2) is 33.5 Å². The van der Waals surface area contributed by atoms with E-state index in [0.717, 1.165) is 28.9 Å². The van der Waals surface area contributed by atoms with Gasteiger partial charge in [0.1, 0.15) is 11.3 Å². The lowest BCUT2D eigenvalue weighted by Crippen LogP contribution is -2.15. The lowest BCUT2D eigenvalue weighted by Gasteiger charge is -2.07. The van der Waals surface area contributed by atoms with Crippen molar-refractivity contribution in [3.8, 4) is 5.75 Å². The van der Waals surface area contributed by atoms with Gasteiger partial charge in [0, 0.05) is 29.3 Å². The van der Waals surface area contributed by atoms with Crippen molar-refractivity contribution in [2.24, 2.45) is 5.73 Å². The molecule has 1 aromatic carbocycles. The zero-order chi connectivity index (χ0) is 13.8. The van der Waals surface area contributed by atoms with Crippen LogP contribution in [0.5, 0.6) is 5.75 Å². The first-order valence-corrected chi connectivity index (χ1v) is 7.31. The highest BCUT2D eigenvalue weighted by Gasteiger charge is 2.06. The maximum absolute atomic E-state index is 11.5. The molecule has 3 N–H and O–H groups in total. The summed E-state index contributed by atoms with van der Waals surface area (Å²) in [5.74, 6) is 1.79. The Kier molecular flexibility index (Phi) is 4.50. The molecule has 102 valence electrons. The second-order valence-electron chi connectivity index (χ2n) is 4.59. The van der Waals surface area contributed by atoms with Crippen molar-refractivity contribution in [1.29, 1.82) is 0 Å². The van der Waals surface area contributed by atoms with Gasteiger partial charge in [0.25, 0.3) is 0 Å². The zero-order valence-corrected chi connectivity index (χ0v) is 11.6. The summed E-state index contributed by atoms with van der Waals surface area (Å²) in [5, 5.41) is 10.3. The summed E-state index contributed by atoms with van der Waals surface area (Å²) in [5.41, 5.74) is 6.67. The largest absolute Gasteiger partial charge is 0.508 e. The summed E-state index contributed by atoms with van der Waals surface area (Å²) in [6.45, 7) is 1.98. The number of hydrogen-bond donors (Lipinski definition) is 2. The molecule has 1 heterocycles. The summed E-state index contributed by atoms with van der Waals surface area (Å²) in [4.78, 5) is 11.5. The highest BCUT2D eigenvalue weighted by Crippen LogP contribution is 2.24. The molecule has 0 aliphatic rings. The molecule has 0 saturated heterocycles. The Morgan fingerprint density at radius 3 is 2.95 bits per heavy atom. The molecule has 0 fully saturated rings. The maximum atomic E-state index is 11.5. The van der Waals surface area contributed by atoms with E-state index in [0.29, 0.717) is 5.58 Å². The fourth-order valence-corrected chi connectivity index (χ4v) is 2.93. The molecule has 1 unspecified atom stereocenters. The van der Waals surface area contributed by atoms with Crippen LogP contribution in [-0.2, 0) is 5.75 Å². The number of fused-ring (bicyclic) bond motifs is 1. The minimum Gasteiger partial charge on any atom is -0.508 e. The van der Waals surface area contributed by atoms with E-state index in [1.165, 1.54) is 12.1 Å². The zero-order valence-electron chi connectivity index (χ0n) is 10.8. The number of phenolic OH excluding ortho intramolecular Hbond substituents is 1. The summed E-state index contributed by atoms with van der Waals surface area (Å²) in [6, 6.07) is 6.54. The van der Waals surface area contributed by atoms with Gasteiger partial charge < -0.3 is 15.3 Å². The monoisotopic (exact) mass is 279 g/mol. The van der Waals surface area contributed by atoms with Gasteiger partial charge in [-0.1, -0.05) is 0 Å². The highest BCUT2D eigenvalue weighted by atomic mass is 32.2. The number of aromatic hydroxyl groups is 1. The van der Waals surface area contributed by atoms with Gasteiger partial charge >= 0.3 is 5.63 Å². The fraction of sp³-hybridized carbons (Fsp3) is 0.357. The van der Waals surface area contributed by atoms with E-state index in [1.807, 2.05) is 6.92 Å². The van der Waals surface area contributed by atoms with Gasteiger partial charge in [0.2, 0.25) is 0 Å². The maximum Gasteiger partial charge on any atom is 0.336 e. The van der Waals surface area contributed by atoms with E-state index >= 15 is 0 Å². The molecule has 19 heavy (non-hydrogen) atoms. The number of thioether (sulfide) groups is 1. The smallest absolute Gasteiger partial charge is 0.336 e. The molecule has 2 aromatic rings. The highest BCUT2D eigenvalue weighted by molar-refractivity contribution is 7.98. The molecule has 2 rings (SSSR count). The number of nitrogens with two attached hydrogens (primary N) is 1. The minimum atomic E-state index is -0.388. The lowest BCUT2D eigenvalue weighted by atomic mass is 10.1. The number of hydrogen-bond acceptors (Lipinski definition) is 5. The molecular weight excluding hydrogens is 262 g/mol. The van der Waals surface area contributed by atoms with Crippen molar-refractivity contribution < 1.29 is 9.52 Å². The molecular formula is C14H17NO3S. The third-order valence-electron chi connectivity index (χ3n) is 2.79. The Morgan fingerprint density at radius 2 is 2.21 bits per heavy atom. The average molecular weight is 279 g/mol. The van der Waals surface area contributed by atoms with Crippen LogP contribution < -0.4 is 11.4 Å². The van der Waals surface area contributed by atoms with Crippen molar-refractivity contribution in [2.45, 2.75) is 25.1 Å². The van der Waals surface area contributed by atoms with Gasteiger partial charge in [-0.2, -0.15) is 11.8 Å². The van der Waals surface area contributed by atoms with Crippen molar-refractivity contribution in [3.63, 3.8) is 0 Å². The van der Waals surface area contributed by atoms with Crippen LogP contribution >= 0.6 is 11.8 Å². The van der Waals surface area contributed by atoms with Crippen LogP contribution in [0.4, 0.5) is 0 Å². The van der Waals surface area contributed by atoms with Crippen LogP contribution in [0.25, 0.3) is 11.0 Å². The number of phenols is 1. The van der Waals surface area contributed by atoms with Crippen molar-refractivity contribution >= 4 is 22.7 Å². The first-order valence-electron chi connectivity index (χ1n) is 6.15. The molecule has 1 atom stereocenters. The van der Waals surface area contributed by atoms with Crippen LogP contribution in [0, 0.1) is 0 Å². The Bertz CT molecular complexity index is 622. The van der Waals surface area contributed by atoms with E-state index in [1.54, 1.807) is 23.9 Å². The second kappa shape index (κ2) is 6.12. The van der Waals surface area contributed by atoms with Gasteiger partial charge in [0.15, 0.2) is 0 Å². The molecule has 0 aliphatic carbocycles. The second-order valence-corrected chi connectivity index (χ2v) is 5.69. The van der Waals surface area contributed by atoms with E-state index < -0.39 is 0 Å². The Morgan fingerprint density at radius 1 is 1.42 bits per heavy atom. The lowest BCUT2D eigenvalue weighted by molar-refractivity contribution is 0.473. The molecule has 0 radical (unpaired) electrons.